The van der Waals surface area contributed by atoms with Crippen molar-refractivity contribution in [1.29, 1.82) is 0 Å². The Morgan fingerprint density at radius 2 is 1.22 bits per heavy atom. The molecule has 0 aliphatic carbocycles. The number of ether oxygens (including phenoxy) is 7. The highest BCUT2D eigenvalue weighted by Crippen LogP contribution is 2.18. The summed E-state index contributed by atoms with van der Waals surface area (Å²) in [7, 11) is 5.20. The zero-order chi connectivity index (χ0) is 27.0. The lowest BCUT2D eigenvalue weighted by Crippen LogP contribution is -2.46. The molecule has 1 heterocycles. The zero-order valence-electron chi connectivity index (χ0n) is 23.1. The van der Waals surface area contributed by atoms with Gasteiger partial charge >= 0.3 is 0 Å². The first-order chi connectivity index (χ1) is 18.1. The van der Waals surface area contributed by atoms with Crippen molar-refractivity contribution in [2.45, 2.75) is 18.9 Å². The van der Waals surface area contributed by atoms with Gasteiger partial charge in [-0.05, 0) is 19.4 Å². The lowest BCUT2D eigenvalue weighted by atomic mass is 10.2. The smallest absolute Gasteiger partial charge is 0.239 e. The first-order valence-electron chi connectivity index (χ1n) is 13.2. The van der Waals surface area contributed by atoms with Crippen molar-refractivity contribution < 1.29 is 42.7 Å². The second kappa shape index (κ2) is 23.7. The van der Waals surface area contributed by atoms with E-state index in [9.17, 15) is 9.59 Å². The number of hydrogen-bond acceptors (Lipinski definition) is 10. The Hall–Kier alpha value is -1.38. The average Bonchev–Trinajstić information content (AvgIpc) is 3.38. The Balaban J connectivity index is 1.87. The molecule has 12 heteroatoms. The second-order valence-electron chi connectivity index (χ2n) is 8.71. The monoisotopic (exact) mass is 535 g/mol. The van der Waals surface area contributed by atoms with E-state index in [2.05, 4.69) is 4.90 Å². The summed E-state index contributed by atoms with van der Waals surface area (Å²) in [4.78, 5) is 29.1. The van der Waals surface area contributed by atoms with E-state index in [1.165, 1.54) is 0 Å². The lowest BCUT2D eigenvalue weighted by molar-refractivity contribution is -0.135. The van der Waals surface area contributed by atoms with Crippen molar-refractivity contribution in [3.8, 4) is 0 Å². The molecule has 1 unspecified atom stereocenters. The van der Waals surface area contributed by atoms with Gasteiger partial charge in [-0.3, -0.25) is 14.5 Å². The van der Waals surface area contributed by atoms with Gasteiger partial charge in [0, 0.05) is 40.8 Å². The Bertz CT molecular complexity index is 560. The first kappa shape index (κ1) is 33.6. The van der Waals surface area contributed by atoms with Crippen LogP contribution >= 0.6 is 0 Å². The van der Waals surface area contributed by atoms with E-state index in [0.717, 1.165) is 25.8 Å². The summed E-state index contributed by atoms with van der Waals surface area (Å²) in [5, 5.41) is 0. The van der Waals surface area contributed by atoms with Gasteiger partial charge in [-0.1, -0.05) is 0 Å². The van der Waals surface area contributed by atoms with Gasteiger partial charge in [0.2, 0.25) is 12.3 Å². The van der Waals surface area contributed by atoms with Crippen molar-refractivity contribution in [3.05, 3.63) is 0 Å². The van der Waals surface area contributed by atoms with Crippen molar-refractivity contribution in [3.63, 3.8) is 0 Å². The Morgan fingerprint density at radius 1 is 0.757 bits per heavy atom. The van der Waals surface area contributed by atoms with Gasteiger partial charge in [0.25, 0.3) is 0 Å². The fourth-order valence-corrected chi connectivity index (χ4v) is 3.62. The Kier molecular flexibility index (Phi) is 21.6. The van der Waals surface area contributed by atoms with E-state index >= 15 is 0 Å². The maximum absolute atomic E-state index is 12.8. The number of methoxy groups -OCH3 is 1. The highest BCUT2D eigenvalue weighted by Gasteiger charge is 2.32. The number of hydrogen-bond donors (Lipinski definition) is 0. The number of likely N-dealkylation sites (tertiary alicyclic amines) is 1. The third-order valence-electron chi connectivity index (χ3n) is 5.81. The molecule has 1 aliphatic heterocycles. The minimum Gasteiger partial charge on any atom is -0.382 e. The maximum Gasteiger partial charge on any atom is 0.239 e. The summed E-state index contributed by atoms with van der Waals surface area (Å²) in [6, 6.07) is -0.108. The van der Waals surface area contributed by atoms with Gasteiger partial charge in [-0.2, -0.15) is 0 Å². The van der Waals surface area contributed by atoms with Crippen molar-refractivity contribution in [2.24, 2.45) is 0 Å². The number of rotatable bonds is 26. The molecule has 1 rings (SSSR count). The molecule has 0 bridgehead atoms. The molecule has 0 radical (unpaired) electrons. The highest BCUT2D eigenvalue weighted by molar-refractivity contribution is 5.82. The number of amides is 2. The highest BCUT2D eigenvalue weighted by atomic mass is 16.6. The molecule has 0 aromatic carbocycles. The minimum absolute atomic E-state index is 0.108. The molecule has 0 saturated carbocycles. The van der Waals surface area contributed by atoms with Crippen LogP contribution in [0.25, 0.3) is 0 Å². The van der Waals surface area contributed by atoms with Gasteiger partial charge in [0.05, 0.1) is 91.9 Å². The van der Waals surface area contributed by atoms with Gasteiger partial charge in [-0.25, -0.2) is 0 Å². The lowest BCUT2D eigenvalue weighted by Gasteiger charge is -2.28. The number of carbonyl (C=O) groups excluding carboxylic acids is 2. The van der Waals surface area contributed by atoms with Crippen LogP contribution in [-0.2, 0) is 42.7 Å². The third-order valence-corrected chi connectivity index (χ3v) is 5.81. The van der Waals surface area contributed by atoms with E-state index in [1.807, 2.05) is 7.05 Å². The summed E-state index contributed by atoms with van der Waals surface area (Å²) in [5.41, 5.74) is 0. The van der Waals surface area contributed by atoms with E-state index in [0.29, 0.717) is 106 Å². The standard InChI is InChI=1S/C25H49N3O9/c1-26(23-29)7-8-28-6-4-5-24(28)25(30)27(2)9-10-32-13-14-34-17-18-36-21-22-37-20-19-35-16-15-33-12-11-31-3/h23-24H,4-22H2,1-3H3. The van der Waals surface area contributed by atoms with E-state index in [-0.39, 0.29) is 11.9 Å². The third kappa shape index (κ3) is 17.7. The molecule has 0 aromatic heterocycles. The fourth-order valence-electron chi connectivity index (χ4n) is 3.62. The van der Waals surface area contributed by atoms with Crippen LogP contribution in [0, 0.1) is 0 Å². The molecule has 0 N–H and O–H groups in total. The second-order valence-corrected chi connectivity index (χ2v) is 8.71. The van der Waals surface area contributed by atoms with Gasteiger partial charge in [-0.15, -0.1) is 0 Å². The molecule has 1 saturated heterocycles. The van der Waals surface area contributed by atoms with Crippen molar-refractivity contribution in [1.82, 2.24) is 14.7 Å². The van der Waals surface area contributed by atoms with Crippen LogP contribution < -0.4 is 0 Å². The fraction of sp³-hybridized carbons (Fsp3) is 0.920. The molecule has 37 heavy (non-hydrogen) atoms. The quantitative estimate of drug-likeness (QED) is 0.109. The van der Waals surface area contributed by atoms with Crippen LogP contribution in [0.5, 0.6) is 0 Å². The SMILES string of the molecule is COCCOCCOCCOCCOCCOCCOCCN(C)C(=O)C1CCCN1CCN(C)C=O. The van der Waals surface area contributed by atoms with Gasteiger partial charge in [0.1, 0.15) is 0 Å². The minimum atomic E-state index is -0.108. The van der Waals surface area contributed by atoms with Crippen molar-refractivity contribution >= 4 is 12.3 Å². The number of nitrogens with zero attached hydrogens (tertiary/aromatic N) is 3. The van der Waals surface area contributed by atoms with Crippen LogP contribution in [0.2, 0.25) is 0 Å². The predicted octanol–water partition coefficient (Wildman–Crippen LogP) is -0.257. The van der Waals surface area contributed by atoms with Gasteiger partial charge in [0.15, 0.2) is 0 Å². The molecular formula is C25H49N3O9. The molecule has 0 aromatic rings. The molecule has 1 aliphatic rings. The predicted molar refractivity (Wildman–Crippen MR) is 138 cm³/mol. The van der Waals surface area contributed by atoms with Gasteiger partial charge < -0.3 is 43.0 Å². The summed E-state index contributed by atoms with van der Waals surface area (Å²) < 4.78 is 37.6. The molecule has 12 nitrogen and oxygen atoms in total. The van der Waals surface area contributed by atoms with Crippen LogP contribution in [0.1, 0.15) is 12.8 Å². The normalized spacial score (nSPS) is 15.8. The van der Waals surface area contributed by atoms with E-state index in [4.69, 9.17) is 33.2 Å². The number of carbonyl (C=O) groups is 2. The van der Waals surface area contributed by atoms with E-state index in [1.54, 1.807) is 24.0 Å². The molecule has 1 atom stereocenters. The Labute approximate surface area is 222 Å². The Morgan fingerprint density at radius 3 is 1.68 bits per heavy atom. The molecule has 2 amide bonds. The van der Waals surface area contributed by atoms with Crippen LogP contribution in [0.4, 0.5) is 0 Å². The topological polar surface area (TPSA) is 108 Å². The van der Waals surface area contributed by atoms with Crippen LogP contribution in [0.15, 0.2) is 0 Å². The van der Waals surface area contributed by atoms with Crippen LogP contribution in [0.3, 0.4) is 0 Å². The van der Waals surface area contributed by atoms with E-state index < -0.39 is 0 Å². The summed E-state index contributed by atoms with van der Waals surface area (Å²) >= 11 is 0. The number of likely N-dealkylation sites (N-methyl/N-ethyl adjacent to an activating group) is 2. The molecule has 0 spiro atoms. The first-order valence-corrected chi connectivity index (χ1v) is 13.2. The summed E-state index contributed by atoms with van der Waals surface area (Å²) in [5.74, 6) is 0.114. The summed E-state index contributed by atoms with van der Waals surface area (Å²) in [6.07, 6.45) is 2.67. The molecule has 1 fully saturated rings. The van der Waals surface area contributed by atoms with Crippen molar-refractivity contribution in [2.75, 3.05) is 133 Å². The molecule has 218 valence electrons. The zero-order valence-corrected chi connectivity index (χ0v) is 23.1. The largest absolute Gasteiger partial charge is 0.382 e. The summed E-state index contributed by atoms with van der Waals surface area (Å²) in [6.45, 7) is 9.49. The average molecular weight is 536 g/mol. The molecular weight excluding hydrogens is 486 g/mol. The van der Waals surface area contributed by atoms with Crippen LogP contribution in [-0.4, -0.2) is 166 Å². The maximum atomic E-state index is 12.8.